The van der Waals surface area contributed by atoms with E-state index in [0.717, 1.165) is 11.3 Å². The molecule has 0 saturated heterocycles. The summed E-state index contributed by atoms with van der Waals surface area (Å²) in [5.41, 5.74) is 9.04. The van der Waals surface area contributed by atoms with Crippen molar-refractivity contribution in [3.05, 3.63) is 34.1 Å². The van der Waals surface area contributed by atoms with Gasteiger partial charge in [-0.05, 0) is 37.7 Å². The lowest BCUT2D eigenvalue weighted by atomic mass is 10.1. The molecule has 0 amide bonds. The number of aromatic nitrogens is 3. The first-order valence-corrected chi connectivity index (χ1v) is 5.01. The molecule has 0 radical (unpaired) electrons. The van der Waals surface area contributed by atoms with Crippen molar-refractivity contribution < 1.29 is 0 Å². The van der Waals surface area contributed by atoms with Crippen molar-refractivity contribution in [2.75, 3.05) is 5.73 Å². The van der Waals surface area contributed by atoms with E-state index in [2.05, 4.69) is 23.2 Å². The third-order valence-electron chi connectivity index (χ3n) is 2.29. The number of H-pyrrole nitrogens is 1. The van der Waals surface area contributed by atoms with E-state index in [4.69, 9.17) is 18.0 Å². The predicted molar refractivity (Wildman–Crippen MR) is 62.6 cm³/mol. The largest absolute Gasteiger partial charge is 0.368 e. The molecule has 0 aliphatic rings. The zero-order valence-corrected chi connectivity index (χ0v) is 9.43. The second-order valence-electron chi connectivity index (χ2n) is 3.51. The summed E-state index contributed by atoms with van der Waals surface area (Å²) in [5, 5.41) is 6.55. The molecule has 3 N–H and O–H groups in total. The van der Waals surface area contributed by atoms with Crippen molar-refractivity contribution in [1.82, 2.24) is 14.8 Å². The number of nitrogens with one attached hydrogen (secondary N) is 1. The molecular formula is C10H12N4S. The molecule has 0 atom stereocenters. The van der Waals surface area contributed by atoms with Crippen molar-refractivity contribution in [1.29, 1.82) is 0 Å². The van der Waals surface area contributed by atoms with Gasteiger partial charge < -0.3 is 5.73 Å². The summed E-state index contributed by atoms with van der Waals surface area (Å²) in [6, 6.07) is 6.10. The van der Waals surface area contributed by atoms with E-state index in [0.29, 0.717) is 10.7 Å². The van der Waals surface area contributed by atoms with Crippen LogP contribution in [-0.2, 0) is 0 Å². The van der Waals surface area contributed by atoms with Crippen LogP contribution in [0.5, 0.6) is 0 Å². The van der Waals surface area contributed by atoms with Crippen LogP contribution in [0.3, 0.4) is 0 Å². The van der Waals surface area contributed by atoms with Gasteiger partial charge in [-0.2, -0.15) is 0 Å². The Hall–Kier alpha value is -1.62. The first-order valence-electron chi connectivity index (χ1n) is 4.60. The highest BCUT2D eigenvalue weighted by Crippen LogP contribution is 2.18. The van der Waals surface area contributed by atoms with Gasteiger partial charge in [0.1, 0.15) is 0 Å². The first-order chi connectivity index (χ1) is 7.09. The van der Waals surface area contributed by atoms with E-state index in [1.165, 1.54) is 5.56 Å². The van der Waals surface area contributed by atoms with Gasteiger partial charge in [-0.25, -0.2) is 5.10 Å². The molecule has 0 bridgehead atoms. The molecule has 5 heteroatoms. The SMILES string of the molecule is Cc1ccc(-n2c(N)n[nH]c2=S)c(C)c1. The normalized spacial score (nSPS) is 10.5. The van der Waals surface area contributed by atoms with Crippen LogP contribution in [0.4, 0.5) is 5.95 Å². The first kappa shape index (κ1) is 9.92. The standard InChI is InChI=1S/C10H12N4S/c1-6-3-4-8(7(2)5-6)14-9(11)12-13-10(14)15/h3-5H,1-2H3,(H2,11,12)(H,13,15). The lowest BCUT2D eigenvalue weighted by molar-refractivity contribution is 1.02. The fourth-order valence-electron chi connectivity index (χ4n) is 1.60. The summed E-state index contributed by atoms with van der Waals surface area (Å²) in [5.74, 6) is 0.381. The summed E-state index contributed by atoms with van der Waals surface area (Å²) in [4.78, 5) is 0. The maximum Gasteiger partial charge on any atom is 0.225 e. The Labute approximate surface area is 92.7 Å². The van der Waals surface area contributed by atoms with Gasteiger partial charge in [0, 0.05) is 0 Å². The molecule has 1 aromatic heterocycles. The number of hydrogen-bond acceptors (Lipinski definition) is 3. The Bertz CT molecular complexity index is 553. The molecule has 1 aromatic carbocycles. The predicted octanol–water partition coefficient (Wildman–Crippen LogP) is 2.13. The summed E-state index contributed by atoms with van der Waals surface area (Å²) >= 11 is 5.11. The quantitative estimate of drug-likeness (QED) is 0.724. The monoisotopic (exact) mass is 220 g/mol. The van der Waals surface area contributed by atoms with Crippen LogP contribution in [0.2, 0.25) is 0 Å². The molecule has 0 spiro atoms. The summed E-state index contributed by atoms with van der Waals surface area (Å²) < 4.78 is 2.24. The molecule has 78 valence electrons. The topological polar surface area (TPSA) is 59.6 Å². The summed E-state index contributed by atoms with van der Waals surface area (Å²) in [6.07, 6.45) is 0. The molecular weight excluding hydrogens is 208 g/mol. The summed E-state index contributed by atoms with van der Waals surface area (Å²) in [7, 11) is 0. The maximum atomic E-state index is 5.73. The van der Waals surface area contributed by atoms with E-state index in [9.17, 15) is 0 Å². The average Bonchev–Trinajstić information content (AvgIpc) is 2.48. The Balaban J connectivity index is 2.69. The van der Waals surface area contributed by atoms with E-state index in [-0.39, 0.29) is 0 Å². The lowest BCUT2D eigenvalue weighted by Gasteiger charge is -2.08. The Morgan fingerprint density at radius 2 is 2.13 bits per heavy atom. The van der Waals surface area contributed by atoms with E-state index in [1.807, 2.05) is 19.1 Å². The highest BCUT2D eigenvalue weighted by Gasteiger charge is 2.06. The van der Waals surface area contributed by atoms with Gasteiger partial charge in [-0.3, -0.25) is 4.57 Å². The van der Waals surface area contributed by atoms with Crippen LogP contribution in [0.15, 0.2) is 18.2 Å². The zero-order chi connectivity index (χ0) is 11.0. The minimum atomic E-state index is 0.381. The lowest BCUT2D eigenvalue weighted by Crippen LogP contribution is -2.02. The number of rotatable bonds is 1. The van der Waals surface area contributed by atoms with Crippen molar-refractivity contribution in [2.24, 2.45) is 0 Å². The molecule has 2 aromatic rings. The van der Waals surface area contributed by atoms with Gasteiger partial charge in [0.15, 0.2) is 0 Å². The number of benzene rings is 1. The third-order valence-corrected chi connectivity index (χ3v) is 2.57. The molecule has 0 fully saturated rings. The van der Waals surface area contributed by atoms with Crippen LogP contribution in [0, 0.1) is 18.6 Å². The molecule has 0 unspecified atom stereocenters. The van der Waals surface area contributed by atoms with E-state index >= 15 is 0 Å². The molecule has 0 saturated carbocycles. The number of nitrogen functional groups attached to an aromatic ring is 1. The number of hydrogen-bond donors (Lipinski definition) is 2. The van der Waals surface area contributed by atoms with Crippen molar-refractivity contribution in [2.45, 2.75) is 13.8 Å². The smallest absolute Gasteiger partial charge is 0.225 e. The molecule has 4 nitrogen and oxygen atoms in total. The van der Waals surface area contributed by atoms with Crippen LogP contribution in [0.25, 0.3) is 5.69 Å². The van der Waals surface area contributed by atoms with Crippen LogP contribution in [0.1, 0.15) is 11.1 Å². The minimum absolute atomic E-state index is 0.381. The Kier molecular flexibility index (Phi) is 2.32. The van der Waals surface area contributed by atoms with Gasteiger partial charge >= 0.3 is 0 Å². The minimum Gasteiger partial charge on any atom is -0.368 e. The van der Waals surface area contributed by atoms with Crippen molar-refractivity contribution in [3.63, 3.8) is 0 Å². The summed E-state index contributed by atoms with van der Waals surface area (Å²) in [6.45, 7) is 4.07. The number of aromatic amines is 1. The number of aryl methyl sites for hydroxylation is 2. The van der Waals surface area contributed by atoms with Gasteiger partial charge in [-0.15, -0.1) is 5.10 Å². The second kappa shape index (κ2) is 3.51. The third kappa shape index (κ3) is 1.66. The molecule has 2 rings (SSSR count). The molecule has 0 aliphatic heterocycles. The number of nitrogens with two attached hydrogens (primary N) is 1. The fraction of sp³-hybridized carbons (Fsp3) is 0.200. The van der Waals surface area contributed by atoms with Gasteiger partial charge in [0.2, 0.25) is 10.7 Å². The van der Waals surface area contributed by atoms with Crippen molar-refractivity contribution in [3.8, 4) is 5.69 Å². The highest BCUT2D eigenvalue weighted by molar-refractivity contribution is 7.71. The Morgan fingerprint density at radius 3 is 2.67 bits per heavy atom. The van der Waals surface area contributed by atoms with Crippen LogP contribution in [-0.4, -0.2) is 14.8 Å². The number of anilines is 1. The zero-order valence-electron chi connectivity index (χ0n) is 8.61. The van der Waals surface area contributed by atoms with Gasteiger partial charge in [-0.1, -0.05) is 17.7 Å². The second-order valence-corrected chi connectivity index (χ2v) is 3.90. The molecule has 15 heavy (non-hydrogen) atoms. The van der Waals surface area contributed by atoms with Gasteiger partial charge in [0.05, 0.1) is 5.69 Å². The average molecular weight is 220 g/mol. The maximum absolute atomic E-state index is 5.73. The van der Waals surface area contributed by atoms with Crippen LogP contribution < -0.4 is 5.73 Å². The van der Waals surface area contributed by atoms with Gasteiger partial charge in [0.25, 0.3) is 0 Å². The van der Waals surface area contributed by atoms with E-state index < -0.39 is 0 Å². The molecule has 1 heterocycles. The Morgan fingerprint density at radius 1 is 1.40 bits per heavy atom. The highest BCUT2D eigenvalue weighted by atomic mass is 32.1. The fourth-order valence-corrected chi connectivity index (χ4v) is 1.84. The van der Waals surface area contributed by atoms with Crippen molar-refractivity contribution >= 4 is 18.2 Å². The number of nitrogens with zero attached hydrogens (tertiary/aromatic N) is 2. The molecule has 0 aliphatic carbocycles. The van der Waals surface area contributed by atoms with Crippen LogP contribution >= 0.6 is 12.2 Å². The van der Waals surface area contributed by atoms with E-state index in [1.54, 1.807) is 4.57 Å².